The number of aliphatic hydroxyl groups excluding tert-OH is 2. The summed E-state index contributed by atoms with van der Waals surface area (Å²) in [6, 6.07) is 0. The monoisotopic (exact) mass is 536 g/mol. The van der Waals surface area contributed by atoms with Crippen molar-refractivity contribution in [2.45, 2.75) is 123 Å². The van der Waals surface area contributed by atoms with Crippen LogP contribution in [-0.2, 0) is 23.8 Å². The number of ether oxygens (including phenoxy) is 3. The van der Waals surface area contributed by atoms with Gasteiger partial charge in [-0.2, -0.15) is 0 Å². The van der Waals surface area contributed by atoms with Crippen molar-refractivity contribution in [3.05, 3.63) is 36.0 Å². The van der Waals surface area contributed by atoms with Gasteiger partial charge in [-0.25, -0.2) is 0 Å². The van der Waals surface area contributed by atoms with Crippen molar-refractivity contribution in [2.75, 3.05) is 0 Å². The van der Waals surface area contributed by atoms with Crippen molar-refractivity contribution >= 4 is 11.9 Å². The van der Waals surface area contributed by atoms with Gasteiger partial charge in [-0.1, -0.05) is 52.0 Å². The van der Waals surface area contributed by atoms with Crippen LogP contribution in [0.3, 0.4) is 0 Å². The number of rotatable bonds is 9. The van der Waals surface area contributed by atoms with Gasteiger partial charge in [0.25, 0.3) is 0 Å². The van der Waals surface area contributed by atoms with Gasteiger partial charge in [0, 0.05) is 25.2 Å². The number of hydrogen-bond acceptors (Lipinski definition) is 8. The number of esters is 2. The fraction of sp³-hybridized carbons (Fsp3) is 0.733. The second-order valence-corrected chi connectivity index (χ2v) is 11.4. The smallest absolute Gasteiger partial charge is 0.309 e. The van der Waals surface area contributed by atoms with E-state index in [1.165, 1.54) is 6.92 Å². The van der Waals surface area contributed by atoms with Crippen LogP contribution < -0.4 is 0 Å². The second-order valence-electron chi connectivity index (χ2n) is 11.4. The Labute approximate surface area is 227 Å². The largest absolute Gasteiger partial charge is 0.458 e. The van der Waals surface area contributed by atoms with E-state index in [1.807, 2.05) is 46.8 Å². The normalized spacial score (nSPS) is 35.3. The van der Waals surface area contributed by atoms with E-state index in [-0.39, 0.29) is 42.4 Å². The number of carbonyl (C=O) groups is 2. The van der Waals surface area contributed by atoms with Crippen LogP contribution in [0.15, 0.2) is 36.0 Å². The number of hydrogen-bond donors (Lipinski definition) is 3. The van der Waals surface area contributed by atoms with Gasteiger partial charge in [0.2, 0.25) is 0 Å². The predicted molar refractivity (Wildman–Crippen MR) is 145 cm³/mol. The molecule has 1 fully saturated rings. The fourth-order valence-corrected chi connectivity index (χ4v) is 4.99. The molecular formula is C30H48O8. The van der Waals surface area contributed by atoms with Crippen LogP contribution in [0, 0.1) is 17.8 Å². The highest BCUT2D eigenvalue weighted by molar-refractivity contribution is 5.70. The van der Waals surface area contributed by atoms with Crippen molar-refractivity contribution in [1.82, 2.24) is 0 Å². The molecule has 2 aliphatic rings. The molecule has 10 atom stereocenters. The maximum absolute atomic E-state index is 12.6. The summed E-state index contributed by atoms with van der Waals surface area (Å²) in [5, 5.41) is 31.3. The third-order valence-electron chi connectivity index (χ3n) is 7.60. The highest BCUT2D eigenvalue weighted by atomic mass is 16.6. The molecule has 0 spiro atoms. The zero-order valence-electron chi connectivity index (χ0n) is 24.0. The third kappa shape index (κ3) is 10.3. The molecule has 216 valence electrons. The van der Waals surface area contributed by atoms with E-state index in [0.717, 1.165) is 5.57 Å². The molecule has 0 unspecified atom stereocenters. The average Bonchev–Trinajstić information content (AvgIpc) is 3.59. The Bertz CT molecular complexity index is 875. The van der Waals surface area contributed by atoms with Gasteiger partial charge in [-0.3, -0.25) is 9.59 Å². The summed E-state index contributed by atoms with van der Waals surface area (Å²) in [6.45, 7) is 12.7. The first-order valence-corrected chi connectivity index (χ1v) is 13.9. The van der Waals surface area contributed by atoms with Gasteiger partial charge in [0.05, 0.1) is 36.4 Å². The zero-order chi connectivity index (χ0) is 28.6. The van der Waals surface area contributed by atoms with E-state index in [1.54, 1.807) is 25.2 Å². The second kappa shape index (κ2) is 14.4. The Balaban J connectivity index is 2.14. The lowest BCUT2D eigenvalue weighted by atomic mass is 9.91. The van der Waals surface area contributed by atoms with Crippen molar-refractivity contribution in [3.63, 3.8) is 0 Å². The Morgan fingerprint density at radius 1 is 1.26 bits per heavy atom. The van der Waals surface area contributed by atoms with Gasteiger partial charge >= 0.3 is 11.9 Å². The number of aliphatic hydroxyl groups is 3. The summed E-state index contributed by atoms with van der Waals surface area (Å²) in [7, 11) is 0. The van der Waals surface area contributed by atoms with E-state index in [2.05, 4.69) is 0 Å². The molecule has 2 rings (SSSR count). The summed E-state index contributed by atoms with van der Waals surface area (Å²) in [5.74, 6) is -1.08. The van der Waals surface area contributed by atoms with Crippen LogP contribution in [0.4, 0.5) is 0 Å². The molecule has 8 nitrogen and oxygen atoms in total. The predicted octanol–water partition coefficient (Wildman–Crippen LogP) is 4.02. The van der Waals surface area contributed by atoms with Gasteiger partial charge in [0.15, 0.2) is 0 Å². The molecule has 2 heterocycles. The number of epoxide rings is 1. The van der Waals surface area contributed by atoms with E-state index in [0.29, 0.717) is 25.7 Å². The van der Waals surface area contributed by atoms with Gasteiger partial charge in [-0.15, -0.1) is 0 Å². The molecule has 0 aromatic carbocycles. The standard InChI is InChI=1S/C30H48O8/c1-8-24(33)21(5)29-26(37-29)17-30(7,35)15-9-10-19(3)28-20(4)12-14-25(36-22(6)31)18(2)11-13-23(32)16-27(34)38-28/h9-10,12,14-15,18,20-21,23-26,28-29,32-33,35H,8,11,13,16-17H2,1-7H3/b14-12+,15-9+,19-10+/t18-,20+,21-,23+,24-,25-,26-,28-,29-,30-/m1/s1. The number of cyclic esters (lactones) is 1. The van der Waals surface area contributed by atoms with Crippen molar-refractivity contribution in [2.24, 2.45) is 17.8 Å². The van der Waals surface area contributed by atoms with Crippen molar-refractivity contribution in [1.29, 1.82) is 0 Å². The Morgan fingerprint density at radius 2 is 1.95 bits per heavy atom. The molecule has 0 aromatic rings. The third-order valence-corrected chi connectivity index (χ3v) is 7.60. The summed E-state index contributed by atoms with van der Waals surface area (Å²) in [4.78, 5) is 24.2. The van der Waals surface area contributed by atoms with Gasteiger partial charge in [-0.05, 0) is 50.7 Å². The SMILES string of the molecule is CC[C@@H](O)[C@@H](C)[C@H]1O[C@@H]1C[C@](C)(O)/C=C/C=C(\C)[C@H]1OC(=O)C[C@@H](O)CC[C@@H](C)[C@H](OC(C)=O)/C=C/[C@@H]1C. The van der Waals surface area contributed by atoms with E-state index in [4.69, 9.17) is 14.2 Å². The van der Waals surface area contributed by atoms with Crippen LogP contribution in [0.2, 0.25) is 0 Å². The van der Waals surface area contributed by atoms with E-state index < -0.39 is 36.0 Å². The number of allylic oxidation sites excluding steroid dienone is 2. The molecule has 1 saturated heterocycles. The first-order chi connectivity index (χ1) is 17.7. The minimum atomic E-state index is -1.11. The van der Waals surface area contributed by atoms with E-state index >= 15 is 0 Å². The molecular weight excluding hydrogens is 488 g/mol. The molecule has 0 bridgehead atoms. The maximum atomic E-state index is 12.6. The number of carbonyl (C=O) groups excluding carboxylic acids is 2. The van der Waals surface area contributed by atoms with Crippen LogP contribution in [0.5, 0.6) is 0 Å². The van der Waals surface area contributed by atoms with Gasteiger partial charge in [0.1, 0.15) is 12.2 Å². The van der Waals surface area contributed by atoms with Crippen LogP contribution in [0.1, 0.15) is 80.6 Å². The molecule has 8 heteroatoms. The molecule has 38 heavy (non-hydrogen) atoms. The summed E-state index contributed by atoms with van der Waals surface area (Å²) >= 11 is 0. The highest BCUT2D eigenvalue weighted by Gasteiger charge is 2.47. The lowest BCUT2D eigenvalue weighted by Crippen LogP contribution is -2.30. The molecule has 0 saturated carbocycles. The lowest BCUT2D eigenvalue weighted by molar-refractivity contribution is -0.151. The summed E-state index contributed by atoms with van der Waals surface area (Å²) < 4.78 is 17.0. The first kappa shape index (κ1) is 32.2. The lowest BCUT2D eigenvalue weighted by Gasteiger charge is -2.27. The van der Waals surface area contributed by atoms with Crippen molar-refractivity contribution in [3.8, 4) is 0 Å². The molecule has 0 amide bonds. The highest BCUT2D eigenvalue weighted by Crippen LogP contribution is 2.37. The molecule has 3 N–H and O–H groups in total. The summed E-state index contributed by atoms with van der Waals surface area (Å²) in [6.07, 6.45) is 8.48. The van der Waals surface area contributed by atoms with Crippen LogP contribution in [0.25, 0.3) is 0 Å². The molecule has 2 aliphatic heterocycles. The Hall–Kier alpha value is -2.00. The average molecular weight is 537 g/mol. The maximum Gasteiger partial charge on any atom is 0.309 e. The van der Waals surface area contributed by atoms with Crippen molar-refractivity contribution < 1.29 is 39.1 Å². The fourth-order valence-electron chi connectivity index (χ4n) is 4.99. The van der Waals surface area contributed by atoms with Crippen LogP contribution >= 0.6 is 0 Å². The first-order valence-electron chi connectivity index (χ1n) is 13.9. The molecule has 0 radical (unpaired) electrons. The minimum absolute atomic E-state index is 0.0131. The zero-order valence-corrected chi connectivity index (χ0v) is 24.0. The van der Waals surface area contributed by atoms with E-state index in [9.17, 15) is 24.9 Å². The van der Waals surface area contributed by atoms with Gasteiger partial charge < -0.3 is 29.5 Å². The quantitative estimate of drug-likeness (QED) is 0.175. The van der Waals surface area contributed by atoms with Crippen LogP contribution in [-0.4, -0.2) is 69.5 Å². The molecule has 0 aliphatic carbocycles. The topological polar surface area (TPSA) is 126 Å². The Morgan fingerprint density at radius 3 is 2.58 bits per heavy atom. The molecule has 0 aromatic heterocycles. The minimum Gasteiger partial charge on any atom is -0.458 e. The Kier molecular flexibility index (Phi) is 12.2. The summed E-state index contributed by atoms with van der Waals surface area (Å²) in [5.41, 5.74) is -0.342.